The zero-order valence-electron chi connectivity index (χ0n) is 27.3. The maximum atomic E-state index is 13.0. The van der Waals surface area contributed by atoms with E-state index in [9.17, 15) is 39.5 Å². The van der Waals surface area contributed by atoms with Gasteiger partial charge in [-0.1, -0.05) is 99.7 Å². The summed E-state index contributed by atoms with van der Waals surface area (Å²) in [6.07, 6.45) is -10.8. The number of hydrogen-bond acceptors (Lipinski definition) is 5. The standard InChI is InChI=1S/C13H14Cl2F3N3Si.C10H6Cl2F3N3.C7H4Cl2F3N/c1-22(2,3)7-8-6-21(20-19-8)10-5-4-9(14)11(12(10)15)13(16,17)18;1-5-4-18(17-16-5)7-3-2-6(11)8(9(7)12)10(13,14)15;8-3-1-2-4(13)6(9)5(3)7(10,11)12/h4-6H,7H2,1-3H3;2-4H,1H3;1-2H,13H2. The van der Waals surface area contributed by atoms with Crippen molar-refractivity contribution in [3.05, 3.63) is 107 Å². The van der Waals surface area contributed by atoms with E-state index in [0.717, 1.165) is 29.9 Å². The molecule has 0 unspecified atom stereocenters. The van der Waals surface area contributed by atoms with Crippen molar-refractivity contribution in [3.8, 4) is 11.4 Å². The number of halogens is 15. The predicted octanol–water partition coefficient (Wildman–Crippen LogP) is 12.5. The molecule has 0 spiro atoms. The SMILES string of the molecule is C[Si](C)(C)Cc1cn(-c2ccc(Cl)c(C(F)(F)F)c2Cl)nn1.Cc1cn(-c2ccc(Cl)c(C(F)(F)F)c2Cl)nn1.Nc1ccc(Cl)c(C(F)(F)F)c1Cl. The van der Waals surface area contributed by atoms with E-state index in [1.54, 1.807) is 13.1 Å². The molecular formula is C30H24Cl6F9N7Si. The summed E-state index contributed by atoms with van der Waals surface area (Å²) < 4.78 is 117. The van der Waals surface area contributed by atoms with Crippen molar-refractivity contribution in [1.29, 1.82) is 0 Å². The van der Waals surface area contributed by atoms with Gasteiger partial charge < -0.3 is 5.73 Å². The molecule has 0 fully saturated rings. The van der Waals surface area contributed by atoms with Gasteiger partial charge in [0.2, 0.25) is 0 Å². The van der Waals surface area contributed by atoms with Crippen LogP contribution in [0.5, 0.6) is 0 Å². The molecule has 0 radical (unpaired) electrons. The van der Waals surface area contributed by atoms with Crippen LogP contribution < -0.4 is 5.73 Å². The third-order valence-corrected chi connectivity index (χ3v) is 10.0. The second-order valence-electron chi connectivity index (χ2n) is 12.0. The lowest BCUT2D eigenvalue weighted by Gasteiger charge is -2.14. The average Bonchev–Trinajstić information content (AvgIpc) is 3.61. The highest BCUT2D eigenvalue weighted by Crippen LogP contribution is 2.44. The zero-order valence-corrected chi connectivity index (χ0v) is 32.8. The summed E-state index contributed by atoms with van der Waals surface area (Å²) in [6.45, 7) is 8.17. The van der Waals surface area contributed by atoms with Crippen molar-refractivity contribution in [3.63, 3.8) is 0 Å². The lowest BCUT2D eigenvalue weighted by Crippen LogP contribution is -2.24. The fourth-order valence-electron chi connectivity index (χ4n) is 4.29. The van der Waals surface area contributed by atoms with E-state index < -0.39 is 73.4 Å². The van der Waals surface area contributed by atoms with Crippen molar-refractivity contribution in [2.24, 2.45) is 0 Å². The molecule has 5 aromatic rings. The van der Waals surface area contributed by atoms with Gasteiger partial charge in [0.1, 0.15) is 0 Å². The van der Waals surface area contributed by atoms with Crippen LogP contribution in [0.15, 0.2) is 48.8 Å². The van der Waals surface area contributed by atoms with Gasteiger partial charge in [-0.3, -0.25) is 0 Å². The molecule has 0 saturated carbocycles. The number of benzene rings is 3. The van der Waals surface area contributed by atoms with Crippen LogP contribution in [0.25, 0.3) is 11.4 Å². The van der Waals surface area contributed by atoms with Gasteiger partial charge in [0, 0.05) is 0 Å². The fourth-order valence-corrected chi connectivity index (χ4v) is 7.47. The molecule has 2 aromatic heterocycles. The van der Waals surface area contributed by atoms with Crippen LogP contribution >= 0.6 is 69.6 Å². The third-order valence-electron chi connectivity index (χ3n) is 6.47. The molecule has 0 bridgehead atoms. The van der Waals surface area contributed by atoms with E-state index in [0.29, 0.717) is 5.69 Å². The minimum Gasteiger partial charge on any atom is -0.398 e. The minimum absolute atomic E-state index is 0.0778. The first-order valence-electron chi connectivity index (χ1n) is 14.4. The Bertz CT molecular complexity index is 2080. The average molecular weight is 894 g/mol. The quantitative estimate of drug-likeness (QED) is 0.110. The minimum atomic E-state index is -4.63. The molecule has 0 amide bonds. The number of anilines is 1. The lowest BCUT2D eigenvalue weighted by molar-refractivity contribution is -0.138. The fraction of sp³-hybridized carbons (Fsp3) is 0.267. The molecule has 0 atom stereocenters. The Morgan fingerprint density at radius 2 is 0.962 bits per heavy atom. The van der Waals surface area contributed by atoms with Crippen molar-refractivity contribution < 1.29 is 39.5 Å². The van der Waals surface area contributed by atoms with E-state index in [4.69, 9.17) is 75.3 Å². The molecule has 288 valence electrons. The Morgan fingerprint density at radius 3 is 1.32 bits per heavy atom. The summed E-state index contributed by atoms with van der Waals surface area (Å²) in [6, 6.07) is 8.10. The molecule has 0 aliphatic carbocycles. The molecule has 2 heterocycles. The molecule has 0 aliphatic heterocycles. The largest absolute Gasteiger partial charge is 0.419 e. The number of aromatic nitrogens is 6. The van der Waals surface area contributed by atoms with Crippen LogP contribution in [0.1, 0.15) is 28.1 Å². The summed E-state index contributed by atoms with van der Waals surface area (Å²) in [5.74, 6) is 0. The van der Waals surface area contributed by atoms with Crippen molar-refractivity contribution >= 4 is 83.4 Å². The summed E-state index contributed by atoms with van der Waals surface area (Å²) in [5.41, 5.74) is 3.32. The molecule has 23 heteroatoms. The highest BCUT2D eigenvalue weighted by atomic mass is 35.5. The second-order valence-corrected chi connectivity index (χ2v) is 19.9. The Balaban J connectivity index is 0.000000221. The molecular weight excluding hydrogens is 870 g/mol. The van der Waals surface area contributed by atoms with E-state index in [1.807, 2.05) is 0 Å². The molecule has 3 aromatic carbocycles. The summed E-state index contributed by atoms with van der Waals surface area (Å²) in [5, 5.41) is 12.4. The van der Waals surface area contributed by atoms with Gasteiger partial charge in [0.15, 0.2) is 0 Å². The first-order chi connectivity index (χ1) is 24.1. The number of hydrogen-bond donors (Lipinski definition) is 1. The van der Waals surface area contributed by atoms with Gasteiger partial charge in [-0.05, 0) is 49.4 Å². The third kappa shape index (κ3) is 11.5. The topological polar surface area (TPSA) is 87.4 Å². The summed E-state index contributed by atoms with van der Waals surface area (Å²) in [7, 11) is -1.40. The maximum Gasteiger partial charge on any atom is 0.419 e. The first-order valence-corrected chi connectivity index (χ1v) is 20.3. The van der Waals surface area contributed by atoms with Gasteiger partial charge in [-0.15, -0.1) is 10.2 Å². The highest BCUT2D eigenvalue weighted by molar-refractivity contribution is 6.75. The van der Waals surface area contributed by atoms with Crippen LogP contribution in [-0.4, -0.2) is 38.1 Å². The Labute approximate surface area is 326 Å². The van der Waals surface area contributed by atoms with Gasteiger partial charge in [-0.2, -0.15) is 39.5 Å². The summed E-state index contributed by atoms with van der Waals surface area (Å²) >= 11 is 33.5. The number of nitrogens with two attached hydrogens (primary N) is 1. The highest BCUT2D eigenvalue weighted by Gasteiger charge is 2.39. The van der Waals surface area contributed by atoms with Gasteiger partial charge >= 0.3 is 18.5 Å². The molecule has 2 N–H and O–H groups in total. The van der Waals surface area contributed by atoms with E-state index in [2.05, 4.69) is 40.3 Å². The van der Waals surface area contributed by atoms with Crippen molar-refractivity contribution in [2.45, 2.75) is 51.1 Å². The monoisotopic (exact) mass is 891 g/mol. The maximum absolute atomic E-state index is 13.0. The van der Waals surface area contributed by atoms with E-state index in [-0.39, 0.29) is 17.1 Å². The van der Waals surface area contributed by atoms with Crippen LogP contribution in [0.2, 0.25) is 49.8 Å². The molecule has 0 saturated heterocycles. The van der Waals surface area contributed by atoms with E-state index in [1.165, 1.54) is 33.8 Å². The summed E-state index contributed by atoms with van der Waals surface area (Å²) in [4.78, 5) is 0. The number of nitrogen functional groups attached to an aromatic ring is 1. The van der Waals surface area contributed by atoms with Gasteiger partial charge in [-0.25, -0.2) is 9.36 Å². The van der Waals surface area contributed by atoms with Crippen LogP contribution in [0.3, 0.4) is 0 Å². The Kier molecular flexibility index (Phi) is 14.1. The normalized spacial score (nSPS) is 12.2. The zero-order chi connectivity index (χ0) is 40.4. The number of alkyl halides is 9. The van der Waals surface area contributed by atoms with Gasteiger partial charge in [0.25, 0.3) is 0 Å². The smallest absolute Gasteiger partial charge is 0.398 e. The second kappa shape index (κ2) is 16.8. The molecule has 7 nitrogen and oxygen atoms in total. The molecule has 5 rings (SSSR count). The Morgan fingerprint density at radius 1 is 0.585 bits per heavy atom. The van der Waals surface area contributed by atoms with E-state index >= 15 is 0 Å². The van der Waals surface area contributed by atoms with Crippen LogP contribution in [-0.2, 0) is 24.6 Å². The van der Waals surface area contributed by atoms with Crippen LogP contribution in [0, 0.1) is 6.92 Å². The van der Waals surface area contributed by atoms with Crippen molar-refractivity contribution in [1.82, 2.24) is 30.0 Å². The number of aryl methyl sites for hydroxylation is 1. The number of nitrogens with zero attached hydrogens (tertiary/aromatic N) is 6. The number of rotatable bonds is 4. The van der Waals surface area contributed by atoms with Gasteiger partial charge in [0.05, 0.1) is 95.7 Å². The predicted molar refractivity (Wildman–Crippen MR) is 190 cm³/mol. The molecule has 0 aliphatic rings. The first kappa shape index (κ1) is 44.5. The van der Waals surface area contributed by atoms with Crippen molar-refractivity contribution in [2.75, 3.05) is 5.73 Å². The lowest BCUT2D eigenvalue weighted by atomic mass is 10.2. The molecule has 53 heavy (non-hydrogen) atoms. The Hall–Kier alpha value is -2.93. The van der Waals surface area contributed by atoms with Crippen LogP contribution in [0.4, 0.5) is 45.2 Å².